The van der Waals surface area contributed by atoms with Gasteiger partial charge in [0.1, 0.15) is 12.2 Å². The van der Waals surface area contributed by atoms with Crippen molar-refractivity contribution in [2.24, 2.45) is 5.92 Å². The van der Waals surface area contributed by atoms with Gasteiger partial charge >= 0.3 is 0 Å². The third-order valence-corrected chi connectivity index (χ3v) is 6.71. The summed E-state index contributed by atoms with van der Waals surface area (Å²) in [7, 11) is 3.93. The molecule has 0 aromatic heterocycles. The molecular formula is C19H24BrNO3. The molecule has 1 aromatic carbocycles. The Morgan fingerprint density at radius 1 is 1.38 bits per heavy atom. The number of hydrogen-bond donors (Lipinski definition) is 1. The molecule has 0 amide bonds. The van der Waals surface area contributed by atoms with E-state index in [-0.39, 0.29) is 28.5 Å². The largest absolute Gasteiger partial charge is 0.493 e. The standard InChI is InChI=1S/C19H23NO3.BrH/c1-10-8-15(22-3)17-16-11(10)9-13-12-4-5-14(21)18(23-17)19(12,16)6-7-20(13)2;/h4-5,8,12-14,18,21H,6-7,9H2,1-3H3;1H/t12-,13+,14-,18-,19-;/m0./s1. The van der Waals surface area contributed by atoms with Gasteiger partial charge in [-0.05, 0) is 50.6 Å². The van der Waals surface area contributed by atoms with Gasteiger partial charge in [-0.1, -0.05) is 12.2 Å². The zero-order chi connectivity index (χ0) is 15.9. The predicted octanol–water partition coefficient (Wildman–Crippen LogP) is 2.39. The molecule has 2 aliphatic carbocycles. The van der Waals surface area contributed by atoms with Gasteiger partial charge in [0.05, 0.1) is 7.11 Å². The van der Waals surface area contributed by atoms with E-state index >= 15 is 0 Å². The molecule has 130 valence electrons. The van der Waals surface area contributed by atoms with Crippen LogP contribution >= 0.6 is 17.0 Å². The first-order chi connectivity index (χ1) is 11.1. The number of likely N-dealkylation sites (tertiary alicyclic amines) is 1. The van der Waals surface area contributed by atoms with Crippen LogP contribution in [0.4, 0.5) is 0 Å². The molecule has 2 aliphatic heterocycles. The van der Waals surface area contributed by atoms with E-state index in [9.17, 15) is 5.11 Å². The van der Waals surface area contributed by atoms with Crippen LogP contribution in [0.3, 0.4) is 0 Å². The number of ether oxygens (including phenoxy) is 2. The molecule has 5 heteroatoms. The lowest BCUT2D eigenvalue weighted by Crippen LogP contribution is -2.64. The summed E-state index contributed by atoms with van der Waals surface area (Å²) >= 11 is 0. The molecular weight excluding hydrogens is 370 g/mol. The first-order valence-electron chi connectivity index (χ1n) is 8.52. The van der Waals surface area contributed by atoms with Crippen molar-refractivity contribution in [1.29, 1.82) is 0 Å². The molecule has 24 heavy (non-hydrogen) atoms. The summed E-state index contributed by atoms with van der Waals surface area (Å²) in [5.41, 5.74) is 3.94. The number of aliphatic hydroxyl groups excluding tert-OH is 1. The van der Waals surface area contributed by atoms with Crippen molar-refractivity contribution in [1.82, 2.24) is 4.90 Å². The fourth-order valence-corrected chi connectivity index (χ4v) is 5.64. The van der Waals surface area contributed by atoms with Gasteiger partial charge in [-0.15, -0.1) is 17.0 Å². The van der Waals surface area contributed by atoms with E-state index < -0.39 is 6.10 Å². The molecule has 1 N–H and O–H groups in total. The van der Waals surface area contributed by atoms with Crippen molar-refractivity contribution in [3.8, 4) is 11.5 Å². The maximum Gasteiger partial charge on any atom is 0.166 e. The van der Waals surface area contributed by atoms with Gasteiger partial charge < -0.3 is 19.5 Å². The number of hydrogen-bond acceptors (Lipinski definition) is 4. The molecule has 1 fully saturated rings. The van der Waals surface area contributed by atoms with Crippen molar-refractivity contribution in [3.63, 3.8) is 0 Å². The Hall–Kier alpha value is -1.04. The zero-order valence-corrected chi connectivity index (χ0v) is 16.0. The van der Waals surface area contributed by atoms with Crippen LogP contribution in [0.5, 0.6) is 11.5 Å². The summed E-state index contributed by atoms with van der Waals surface area (Å²) in [6, 6.07) is 2.59. The second-order valence-electron chi connectivity index (χ2n) is 7.56. The summed E-state index contributed by atoms with van der Waals surface area (Å²) in [5.74, 6) is 2.11. The Balaban J connectivity index is 0.00000146. The molecule has 0 saturated carbocycles. The molecule has 5 atom stereocenters. The Labute approximate surface area is 153 Å². The van der Waals surface area contributed by atoms with Gasteiger partial charge in [0.25, 0.3) is 0 Å². The average molecular weight is 394 g/mol. The summed E-state index contributed by atoms with van der Waals surface area (Å²) < 4.78 is 12.0. The average Bonchev–Trinajstić information content (AvgIpc) is 2.89. The molecule has 0 unspecified atom stereocenters. The van der Waals surface area contributed by atoms with Crippen molar-refractivity contribution in [2.75, 3.05) is 20.7 Å². The Kier molecular flexibility index (Phi) is 3.58. The SMILES string of the molecule is Br.COc1cc(C)c2c3c1O[C@H]1[C@@H](O)C=C[C@H]4[C@@H](C2)N(C)CC[C@@]341. The first kappa shape index (κ1) is 16.4. The minimum absolute atomic E-state index is 0. The number of nitrogens with zero attached hydrogens (tertiary/aromatic N) is 1. The fourth-order valence-electron chi connectivity index (χ4n) is 5.64. The fraction of sp³-hybridized carbons (Fsp3) is 0.579. The van der Waals surface area contributed by atoms with E-state index in [1.54, 1.807) is 7.11 Å². The maximum atomic E-state index is 10.6. The van der Waals surface area contributed by atoms with E-state index in [1.165, 1.54) is 16.7 Å². The number of rotatable bonds is 1. The van der Waals surface area contributed by atoms with Gasteiger partial charge in [0.2, 0.25) is 0 Å². The second kappa shape index (κ2) is 5.23. The smallest absolute Gasteiger partial charge is 0.166 e. The van der Waals surface area contributed by atoms with Crippen LogP contribution in [0, 0.1) is 12.8 Å². The van der Waals surface area contributed by atoms with Crippen LogP contribution in [0.25, 0.3) is 0 Å². The van der Waals surface area contributed by atoms with Gasteiger partial charge in [0, 0.05) is 22.9 Å². The van der Waals surface area contributed by atoms with Crippen molar-refractivity contribution < 1.29 is 14.6 Å². The number of aryl methyl sites for hydroxylation is 1. The molecule has 0 radical (unpaired) electrons. The van der Waals surface area contributed by atoms with Crippen molar-refractivity contribution in [3.05, 3.63) is 34.9 Å². The van der Waals surface area contributed by atoms with Crippen LogP contribution in [0.15, 0.2) is 18.2 Å². The normalized spacial score (nSPS) is 38.2. The number of likely N-dealkylation sites (N-methyl/N-ethyl adjacent to an activating group) is 1. The monoisotopic (exact) mass is 393 g/mol. The van der Waals surface area contributed by atoms with Gasteiger partial charge in [-0.2, -0.15) is 0 Å². The van der Waals surface area contributed by atoms with Crippen LogP contribution in [-0.2, 0) is 11.8 Å². The molecule has 2 bridgehead atoms. The molecule has 1 aromatic rings. The lowest BCUT2D eigenvalue weighted by Gasteiger charge is -2.56. The minimum atomic E-state index is -0.543. The third-order valence-electron chi connectivity index (χ3n) is 6.71. The summed E-state index contributed by atoms with van der Waals surface area (Å²) in [4.78, 5) is 2.49. The van der Waals surface area contributed by atoms with E-state index in [1.807, 2.05) is 6.08 Å². The zero-order valence-electron chi connectivity index (χ0n) is 14.3. The van der Waals surface area contributed by atoms with Crippen LogP contribution < -0.4 is 9.47 Å². The van der Waals surface area contributed by atoms with E-state index in [0.29, 0.717) is 12.0 Å². The second-order valence-corrected chi connectivity index (χ2v) is 7.56. The molecule has 1 spiro atoms. The Morgan fingerprint density at radius 2 is 2.17 bits per heavy atom. The summed E-state index contributed by atoms with van der Waals surface area (Å²) in [6.45, 7) is 3.23. The molecule has 2 heterocycles. The van der Waals surface area contributed by atoms with E-state index in [0.717, 1.165) is 30.9 Å². The summed E-state index contributed by atoms with van der Waals surface area (Å²) in [5, 5.41) is 10.6. The molecule has 1 saturated heterocycles. The highest BCUT2D eigenvalue weighted by Crippen LogP contribution is 2.62. The molecule has 4 aliphatic rings. The summed E-state index contributed by atoms with van der Waals surface area (Å²) in [6.07, 6.45) is 5.55. The van der Waals surface area contributed by atoms with Crippen molar-refractivity contribution in [2.45, 2.75) is 43.4 Å². The molecule has 5 rings (SSSR count). The van der Waals surface area contributed by atoms with Crippen LogP contribution in [-0.4, -0.2) is 49.0 Å². The number of benzene rings is 1. The third kappa shape index (κ3) is 1.71. The van der Waals surface area contributed by atoms with Crippen LogP contribution in [0.2, 0.25) is 0 Å². The highest BCUT2D eigenvalue weighted by Gasteiger charge is 2.64. The van der Waals surface area contributed by atoms with E-state index in [2.05, 4.69) is 31.0 Å². The number of piperidine rings is 1. The van der Waals surface area contributed by atoms with Crippen molar-refractivity contribution >= 4 is 17.0 Å². The van der Waals surface area contributed by atoms with E-state index in [4.69, 9.17) is 9.47 Å². The topological polar surface area (TPSA) is 41.9 Å². The van der Waals surface area contributed by atoms with Gasteiger partial charge in [0.15, 0.2) is 11.5 Å². The maximum absolute atomic E-state index is 10.6. The molecule has 4 nitrogen and oxygen atoms in total. The Morgan fingerprint density at radius 3 is 2.92 bits per heavy atom. The Bertz CT molecular complexity index is 734. The highest BCUT2D eigenvalue weighted by molar-refractivity contribution is 8.93. The van der Waals surface area contributed by atoms with Crippen LogP contribution in [0.1, 0.15) is 23.1 Å². The highest BCUT2D eigenvalue weighted by atomic mass is 79.9. The lowest BCUT2D eigenvalue weighted by atomic mass is 9.53. The number of aliphatic hydroxyl groups is 1. The first-order valence-corrected chi connectivity index (χ1v) is 8.52. The minimum Gasteiger partial charge on any atom is -0.493 e. The quantitative estimate of drug-likeness (QED) is 0.743. The van der Waals surface area contributed by atoms with Gasteiger partial charge in [-0.3, -0.25) is 0 Å². The number of halogens is 1. The number of methoxy groups -OCH3 is 1. The predicted molar refractivity (Wildman–Crippen MR) is 97.5 cm³/mol. The van der Waals surface area contributed by atoms with Gasteiger partial charge in [-0.25, -0.2) is 0 Å². The lowest BCUT2D eigenvalue weighted by molar-refractivity contribution is -0.0454.